The van der Waals surface area contributed by atoms with E-state index < -0.39 is 5.92 Å². The molecule has 1 saturated heterocycles. The van der Waals surface area contributed by atoms with Crippen molar-refractivity contribution >= 4 is 46.4 Å². The van der Waals surface area contributed by atoms with Crippen molar-refractivity contribution in [2.24, 2.45) is 5.92 Å². The van der Waals surface area contributed by atoms with E-state index in [4.69, 9.17) is 27.9 Å². The molecule has 3 rings (SSSR count). The molecular weight excluding hydrogens is 399 g/mol. The van der Waals surface area contributed by atoms with E-state index in [1.165, 1.54) is 4.90 Å². The largest absolute Gasteiger partial charge is 0.494 e. The predicted molar refractivity (Wildman–Crippen MR) is 112 cm³/mol. The zero-order chi connectivity index (χ0) is 20.1. The molecule has 7 heteroatoms. The Morgan fingerprint density at radius 3 is 2.68 bits per heavy atom. The first-order valence-electron chi connectivity index (χ1n) is 9.27. The summed E-state index contributed by atoms with van der Waals surface area (Å²) in [4.78, 5) is 26.5. The monoisotopic (exact) mass is 420 g/mol. The quantitative estimate of drug-likeness (QED) is 0.628. The summed E-state index contributed by atoms with van der Waals surface area (Å²) in [6, 6.07) is 12.3. The van der Waals surface area contributed by atoms with E-state index in [-0.39, 0.29) is 24.8 Å². The van der Waals surface area contributed by atoms with E-state index in [1.54, 1.807) is 30.3 Å². The molecule has 0 saturated carbocycles. The summed E-state index contributed by atoms with van der Waals surface area (Å²) in [5.74, 6) is -0.0371. The lowest BCUT2D eigenvalue weighted by Crippen LogP contribution is -2.28. The van der Waals surface area contributed by atoms with Gasteiger partial charge in [-0.2, -0.15) is 0 Å². The molecule has 28 heavy (non-hydrogen) atoms. The number of nitrogens with zero attached hydrogens (tertiary/aromatic N) is 1. The second kappa shape index (κ2) is 9.30. The molecule has 1 aliphatic rings. The SMILES string of the molecule is CCCCOc1ccc(NC(=O)[C@H]2CC(=O)N(c3cccc(Cl)c3Cl)C2)cc1. The number of ether oxygens (including phenoxy) is 1. The van der Waals surface area contributed by atoms with Gasteiger partial charge in [0.2, 0.25) is 11.8 Å². The Morgan fingerprint density at radius 1 is 1.21 bits per heavy atom. The van der Waals surface area contributed by atoms with Crippen LogP contribution in [-0.2, 0) is 9.59 Å². The molecule has 0 aromatic heterocycles. The van der Waals surface area contributed by atoms with Crippen molar-refractivity contribution in [1.29, 1.82) is 0 Å². The zero-order valence-corrected chi connectivity index (χ0v) is 17.1. The maximum Gasteiger partial charge on any atom is 0.229 e. The number of nitrogens with one attached hydrogen (secondary N) is 1. The van der Waals surface area contributed by atoms with Crippen molar-refractivity contribution in [2.75, 3.05) is 23.4 Å². The van der Waals surface area contributed by atoms with Crippen LogP contribution < -0.4 is 15.0 Å². The van der Waals surface area contributed by atoms with Crippen LogP contribution in [0, 0.1) is 5.92 Å². The molecule has 0 unspecified atom stereocenters. The van der Waals surface area contributed by atoms with Crippen LogP contribution in [0.5, 0.6) is 5.75 Å². The van der Waals surface area contributed by atoms with Gasteiger partial charge in [0.1, 0.15) is 5.75 Å². The topological polar surface area (TPSA) is 58.6 Å². The number of hydrogen-bond donors (Lipinski definition) is 1. The van der Waals surface area contributed by atoms with E-state index in [0.717, 1.165) is 18.6 Å². The standard InChI is InChI=1S/C21H22Cl2N2O3/c1-2-3-11-28-16-9-7-15(8-10-16)24-21(27)14-12-19(26)25(13-14)18-6-4-5-17(22)20(18)23/h4-10,14H,2-3,11-13H2,1H3,(H,24,27)/t14-/m0/s1. The molecule has 1 N–H and O–H groups in total. The molecule has 148 valence electrons. The fourth-order valence-electron chi connectivity index (χ4n) is 3.03. The second-order valence-electron chi connectivity index (χ2n) is 6.69. The smallest absolute Gasteiger partial charge is 0.229 e. The first-order valence-corrected chi connectivity index (χ1v) is 10.0. The first-order chi connectivity index (χ1) is 13.5. The van der Waals surface area contributed by atoms with Gasteiger partial charge in [-0.25, -0.2) is 0 Å². The minimum atomic E-state index is -0.456. The van der Waals surface area contributed by atoms with Crippen LogP contribution >= 0.6 is 23.2 Å². The van der Waals surface area contributed by atoms with Gasteiger partial charge in [-0.05, 0) is 42.8 Å². The predicted octanol–water partition coefficient (Wildman–Crippen LogP) is 5.16. The lowest BCUT2D eigenvalue weighted by Gasteiger charge is -2.18. The second-order valence-corrected chi connectivity index (χ2v) is 7.48. The summed E-state index contributed by atoms with van der Waals surface area (Å²) >= 11 is 12.3. The third-order valence-electron chi connectivity index (χ3n) is 4.61. The molecule has 2 amide bonds. The number of carbonyl (C=O) groups excluding carboxylic acids is 2. The van der Waals surface area contributed by atoms with Crippen LogP contribution in [-0.4, -0.2) is 25.0 Å². The first kappa shape index (κ1) is 20.5. The Bertz CT molecular complexity index is 855. The van der Waals surface area contributed by atoms with Crippen LogP contribution in [0.15, 0.2) is 42.5 Å². The summed E-state index contributed by atoms with van der Waals surface area (Å²) in [6.07, 6.45) is 2.21. The van der Waals surface area contributed by atoms with Gasteiger partial charge in [0.05, 0.1) is 28.3 Å². The third-order valence-corrected chi connectivity index (χ3v) is 5.42. The zero-order valence-electron chi connectivity index (χ0n) is 15.6. The molecule has 0 bridgehead atoms. The van der Waals surface area contributed by atoms with Gasteiger partial charge in [-0.15, -0.1) is 0 Å². The van der Waals surface area contributed by atoms with Crippen molar-refractivity contribution < 1.29 is 14.3 Å². The van der Waals surface area contributed by atoms with Crippen molar-refractivity contribution in [3.63, 3.8) is 0 Å². The highest BCUT2D eigenvalue weighted by Crippen LogP contribution is 2.36. The molecule has 1 atom stereocenters. The number of anilines is 2. The summed E-state index contributed by atoms with van der Waals surface area (Å²) in [5, 5.41) is 3.56. The lowest BCUT2D eigenvalue weighted by molar-refractivity contribution is -0.122. The Balaban J connectivity index is 1.61. The van der Waals surface area contributed by atoms with E-state index in [2.05, 4.69) is 12.2 Å². The maximum atomic E-state index is 12.6. The summed E-state index contributed by atoms with van der Waals surface area (Å²) in [5.41, 5.74) is 1.20. The average Bonchev–Trinajstić information content (AvgIpc) is 3.07. The van der Waals surface area contributed by atoms with E-state index in [1.807, 2.05) is 12.1 Å². The Morgan fingerprint density at radius 2 is 1.96 bits per heavy atom. The minimum absolute atomic E-state index is 0.132. The van der Waals surface area contributed by atoms with Gasteiger partial charge in [0.15, 0.2) is 0 Å². The van der Waals surface area contributed by atoms with Gasteiger partial charge in [0.25, 0.3) is 0 Å². The van der Waals surface area contributed by atoms with Gasteiger partial charge >= 0.3 is 0 Å². The van der Waals surface area contributed by atoms with Crippen molar-refractivity contribution in [2.45, 2.75) is 26.2 Å². The Kier molecular flexibility index (Phi) is 6.81. The molecule has 1 aliphatic heterocycles. The number of halogens is 2. The number of carbonyl (C=O) groups is 2. The molecule has 2 aromatic carbocycles. The Labute approximate surface area is 174 Å². The van der Waals surface area contributed by atoms with Gasteiger partial charge in [-0.1, -0.05) is 42.6 Å². The average molecular weight is 421 g/mol. The number of unbranched alkanes of at least 4 members (excludes halogenated alkanes) is 1. The van der Waals surface area contributed by atoms with Gasteiger partial charge < -0.3 is 15.0 Å². The Hall–Kier alpha value is -2.24. The lowest BCUT2D eigenvalue weighted by atomic mass is 10.1. The highest BCUT2D eigenvalue weighted by atomic mass is 35.5. The van der Waals surface area contributed by atoms with Gasteiger partial charge in [-0.3, -0.25) is 9.59 Å². The van der Waals surface area contributed by atoms with Crippen molar-refractivity contribution in [3.8, 4) is 5.75 Å². The fourth-order valence-corrected chi connectivity index (χ4v) is 3.43. The van der Waals surface area contributed by atoms with Crippen LogP contribution in [0.4, 0.5) is 11.4 Å². The molecule has 1 fully saturated rings. The van der Waals surface area contributed by atoms with E-state index >= 15 is 0 Å². The van der Waals surface area contributed by atoms with Crippen LogP contribution in [0.1, 0.15) is 26.2 Å². The minimum Gasteiger partial charge on any atom is -0.494 e. The number of rotatable bonds is 7. The molecule has 0 radical (unpaired) electrons. The van der Waals surface area contributed by atoms with E-state index in [9.17, 15) is 9.59 Å². The summed E-state index contributed by atoms with van der Waals surface area (Å²) in [6.45, 7) is 3.05. The third kappa shape index (κ3) is 4.78. The molecule has 2 aromatic rings. The summed E-state index contributed by atoms with van der Waals surface area (Å²) in [7, 11) is 0. The van der Waals surface area contributed by atoms with E-state index in [0.29, 0.717) is 28.0 Å². The number of amides is 2. The number of benzene rings is 2. The highest BCUT2D eigenvalue weighted by Gasteiger charge is 2.36. The molecule has 0 aliphatic carbocycles. The van der Waals surface area contributed by atoms with Crippen LogP contribution in [0.2, 0.25) is 10.0 Å². The highest BCUT2D eigenvalue weighted by molar-refractivity contribution is 6.44. The molecule has 5 nitrogen and oxygen atoms in total. The maximum absolute atomic E-state index is 12.6. The summed E-state index contributed by atoms with van der Waals surface area (Å²) < 4.78 is 5.62. The fraction of sp³-hybridized carbons (Fsp3) is 0.333. The molecule has 0 spiro atoms. The van der Waals surface area contributed by atoms with Crippen molar-refractivity contribution in [1.82, 2.24) is 0 Å². The molecular formula is C21H22Cl2N2O3. The van der Waals surface area contributed by atoms with Crippen LogP contribution in [0.25, 0.3) is 0 Å². The molecule has 1 heterocycles. The van der Waals surface area contributed by atoms with Gasteiger partial charge in [0, 0.05) is 18.7 Å². The van der Waals surface area contributed by atoms with Crippen molar-refractivity contribution in [3.05, 3.63) is 52.5 Å². The van der Waals surface area contributed by atoms with Crippen LogP contribution in [0.3, 0.4) is 0 Å². The normalized spacial score (nSPS) is 16.3. The number of hydrogen-bond acceptors (Lipinski definition) is 3.